The van der Waals surface area contributed by atoms with Crippen LogP contribution in [0.4, 0.5) is 5.82 Å². The number of imidazole rings is 1. The van der Waals surface area contributed by atoms with E-state index >= 15 is 0 Å². The van der Waals surface area contributed by atoms with Gasteiger partial charge in [0.2, 0.25) is 0 Å². The van der Waals surface area contributed by atoms with E-state index in [4.69, 9.17) is 10.5 Å². The fourth-order valence-corrected chi connectivity index (χ4v) is 0.852. The van der Waals surface area contributed by atoms with Crippen molar-refractivity contribution in [1.82, 2.24) is 9.55 Å². The van der Waals surface area contributed by atoms with Gasteiger partial charge >= 0.3 is 0 Å². The summed E-state index contributed by atoms with van der Waals surface area (Å²) in [5.41, 5.74) is 5.55. The second-order valence-electron chi connectivity index (χ2n) is 1.91. The average molecular weight is 141 g/mol. The van der Waals surface area contributed by atoms with Crippen molar-refractivity contribution < 1.29 is 4.74 Å². The van der Waals surface area contributed by atoms with E-state index in [1.165, 1.54) is 0 Å². The molecule has 10 heavy (non-hydrogen) atoms. The van der Waals surface area contributed by atoms with E-state index < -0.39 is 0 Å². The molecule has 0 unspecified atom stereocenters. The van der Waals surface area contributed by atoms with Crippen LogP contribution in [0.5, 0.6) is 6.01 Å². The van der Waals surface area contributed by atoms with Crippen LogP contribution >= 0.6 is 0 Å². The van der Waals surface area contributed by atoms with Crippen LogP contribution in [0.2, 0.25) is 0 Å². The summed E-state index contributed by atoms with van der Waals surface area (Å²) in [6.07, 6.45) is 1.59. The molecule has 0 aliphatic heterocycles. The number of nitrogen functional groups attached to an aromatic ring is 1. The van der Waals surface area contributed by atoms with Crippen LogP contribution < -0.4 is 10.5 Å². The fourth-order valence-electron chi connectivity index (χ4n) is 0.852. The summed E-state index contributed by atoms with van der Waals surface area (Å²) in [4.78, 5) is 3.92. The van der Waals surface area contributed by atoms with E-state index in [1.54, 1.807) is 17.9 Å². The highest BCUT2D eigenvalue weighted by molar-refractivity contribution is 5.29. The Morgan fingerprint density at radius 3 is 2.90 bits per heavy atom. The second kappa shape index (κ2) is 2.60. The fraction of sp³-hybridized carbons (Fsp3) is 0.500. The maximum atomic E-state index is 5.55. The molecule has 0 saturated carbocycles. The Morgan fingerprint density at radius 1 is 1.80 bits per heavy atom. The predicted octanol–water partition coefficient (Wildman–Crippen LogP) is 0.494. The van der Waals surface area contributed by atoms with Gasteiger partial charge in [-0.25, -0.2) is 4.98 Å². The summed E-state index contributed by atoms with van der Waals surface area (Å²) in [5, 5.41) is 0. The van der Waals surface area contributed by atoms with E-state index in [-0.39, 0.29) is 0 Å². The van der Waals surface area contributed by atoms with Gasteiger partial charge in [-0.2, -0.15) is 0 Å². The molecule has 0 aliphatic rings. The van der Waals surface area contributed by atoms with Crippen LogP contribution in [0.15, 0.2) is 6.20 Å². The Balaban J connectivity index is 3.01. The van der Waals surface area contributed by atoms with E-state index in [9.17, 15) is 0 Å². The summed E-state index contributed by atoms with van der Waals surface area (Å²) in [7, 11) is 1.58. The predicted molar refractivity (Wildman–Crippen MR) is 38.9 cm³/mol. The lowest BCUT2D eigenvalue weighted by Crippen LogP contribution is -2.02. The van der Waals surface area contributed by atoms with Crippen LogP contribution in [-0.2, 0) is 6.54 Å². The first kappa shape index (κ1) is 6.92. The summed E-state index contributed by atoms with van der Waals surface area (Å²) in [5.74, 6) is 0.638. The molecule has 0 bridgehead atoms. The molecule has 56 valence electrons. The molecule has 2 N–H and O–H groups in total. The maximum absolute atomic E-state index is 5.55. The molecule has 1 aromatic heterocycles. The largest absolute Gasteiger partial charge is 0.468 e. The lowest BCUT2D eigenvalue weighted by Gasteiger charge is -2.02. The van der Waals surface area contributed by atoms with Crippen molar-refractivity contribution in [2.75, 3.05) is 12.8 Å². The zero-order valence-electron chi connectivity index (χ0n) is 6.16. The average Bonchev–Trinajstić information content (AvgIpc) is 2.30. The highest BCUT2D eigenvalue weighted by atomic mass is 16.5. The van der Waals surface area contributed by atoms with Gasteiger partial charge in [0.15, 0.2) is 0 Å². The van der Waals surface area contributed by atoms with Crippen molar-refractivity contribution in [1.29, 1.82) is 0 Å². The van der Waals surface area contributed by atoms with Gasteiger partial charge in [-0.1, -0.05) is 0 Å². The van der Waals surface area contributed by atoms with Crippen molar-refractivity contribution in [3.05, 3.63) is 6.20 Å². The Labute approximate surface area is 59.6 Å². The number of hydrogen-bond acceptors (Lipinski definition) is 3. The molecule has 1 heterocycles. The number of ether oxygens (including phenoxy) is 1. The molecule has 0 atom stereocenters. The third-order valence-corrected chi connectivity index (χ3v) is 1.35. The van der Waals surface area contributed by atoms with Gasteiger partial charge in [-0.15, -0.1) is 0 Å². The van der Waals surface area contributed by atoms with Crippen molar-refractivity contribution in [3.63, 3.8) is 0 Å². The van der Waals surface area contributed by atoms with Crippen LogP contribution in [0.25, 0.3) is 0 Å². The smallest absolute Gasteiger partial charge is 0.297 e. The lowest BCUT2D eigenvalue weighted by molar-refractivity contribution is 0.360. The van der Waals surface area contributed by atoms with Gasteiger partial charge in [-0.05, 0) is 6.92 Å². The maximum Gasteiger partial charge on any atom is 0.297 e. The molecular weight excluding hydrogens is 130 g/mol. The van der Waals surface area contributed by atoms with Gasteiger partial charge < -0.3 is 10.5 Å². The molecule has 1 rings (SSSR count). The summed E-state index contributed by atoms with van der Waals surface area (Å²) < 4.78 is 6.72. The highest BCUT2D eigenvalue weighted by Gasteiger charge is 2.03. The van der Waals surface area contributed by atoms with Gasteiger partial charge in [-0.3, -0.25) is 4.57 Å². The molecule has 0 radical (unpaired) electrons. The number of aromatic nitrogens is 2. The number of hydrogen-bond donors (Lipinski definition) is 1. The zero-order chi connectivity index (χ0) is 7.56. The summed E-state index contributed by atoms with van der Waals surface area (Å²) in [6, 6.07) is 0.569. The molecule has 0 saturated heterocycles. The minimum atomic E-state index is 0.569. The molecule has 0 aromatic carbocycles. The summed E-state index contributed by atoms with van der Waals surface area (Å²) >= 11 is 0. The Hall–Kier alpha value is -1.19. The van der Waals surface area contributed by atoms with Crippen LogP contribution in [0.1, 0.15) is 6.92 Å². The quantitative estimate of drug-likeness (QED) is 0.652. The minimum Gasteiger partial charge on any atom is -0.468 e. The Kier molecular flexibility index (Phi) is 1.80. The first-order valence-electron chi connectivity index (χ1n) is 3.14. The number of anilines is 1. The van der Waals surface area contributed by atoms with E-state index in [1.807, 2.05) is 6.92 Å². The topological polar surface area (TPSA) is 53.1 Å². The van der Waals surface area contributed by atoms with Gasteiger partial charge in [0.25, 0.3) is 6.01 Å². The van der Waals surface area contributed by atoms with Crippen LogP contribution in [0, 0.1) is 0 Å². The van der Waals surface area contributed by atoms with Crippen molar-refractivity contribution in [2.24, 2.45) is 0 Å². The molecular formula is C6H11N3O. The summed E-state index contributed by atoms with van der Waals surface area (Å²) in [6.45, 7) is 2.77. The SMILES string of the molecule is CCn1c(N)cnc1OC. The van der Waals surface area contributed by atoms with E-state index in [2.05, 4.69) is 4.98 Å². The molecule has 4 nitrogen and oxygen atoms in total. The monoisotopic (exact) mass is 141 g/mol. The van der Waals surface area contributed by atoms with E-state index in [0.717, 1.165) is 6.54 Å². The first-order chi connectivity index (χ1) is 4.79. The third-order valence-electron chi connectivity index (χ3n) is 1.35. The Bertz CT molecular complexity index is 219. The normalized spacial score (nSPS) is 9.80. The van der Waals surface area contributed by atoms with Crippen LogP contribution in [-0.4, -0.2) is 16.7 Å². The molecule has 0 aliphatic carbocycles. The van der Waals surface area contributed by atoms with Crippen molar-refractivity contribution in [3.8, 4) is 6.01 Å². The lowest BCUT2D eigenvalue weighted by atomic mass is 10.7. The second-order valence-corrected chi connectivity index (χ2v) is 1.91. The van der Waals surface area contributed by atoms with E-state index in [0.29, 0.717) is 11.8 Å². The van der Waals surface area contributed by atoms with Crippen LogP contribution in [0.3, 0.4) is 0 Å². The Morgan fingerprint density at radius 2 is 2.50 bits per heavy atom. The highest BCUT2D eigenvalue weighted by Crippen LogP contribution is 2.12. The zero-order valence-corrected chi connectivity index (χ0v) is 6.16. The van der Waals surface area contributed by atoms with Gasteiger partial charge in [0.1, 0.15) is 5.82 Å². The molecule has 0 spiro atoms. The number of rotatable bonds is 2. The van der Waals surface area contributed by atoms with Crippen molar-refractivity contribution in [2.45, 2.75) is 13.5 Å². The van der Waals surface area contributed by atoms with Gasteiger partial charge in [0, 0.05) is 6.54 Å². The van der Waals surface area contributed by atoms with Gasteiger partial charge in [0.05, 0.1) is 13.3 Å². The van der Waals surface area contributed by atoms with Crippen molar-refractivity contribution >= 4 is 5.82 Å². The minimum absolute atomic E-state index is 0.569. The molecule has 1 aromatic rings. The standard InChI is InChI=1S/C6H11N3O/c1-3-9-5(7)4-8-6(9)10-2/h4H,3,7H2,1-2H3. The molecule has 4 heteroatoms. The molecule has 0 amide bonds. The number of nitrogens with two attached hydrogens (primary N) is 1. The molecule has 0 fully saturated rings. The number of methoxy groups -OCH3 is 1. The third kappa shape index (κ3) is 0.920. The number of nitrogens with zero attached hydrogens (tertiary/aromatic N) is 2. The first-order valence-corrected chi connectivity index (χ1v) is 3.14.